The molecule has 0 fully saturated rings. The second-order valence-corrected chi connectivity index (χ2v) is 16.8. The third kappa shape index (κ3) is 5.24. The van der Waals surface area contributed by atoms with Crippen molar-refractivity contribution in [1.82, 2.24) is 19.1 Å². The minimum Gasteiger partial charge on any atom is -0.309 e. The lowest BCUT2D eigenvalue weighted by Gasteiger charge is -2.10. The predicted octanol–water partition coefficient (Wildman–Crippen LogP) is 15.2. The van der Waals surface area contributed by atoms with E-state index in [0.717, 1.165) is 43.8 Å². The molecule has 0 aliphatic heterocycles. The minimum absolute atomic E-state index is 0.661. The van der Waals surface area contributed by atoms with Crippen LogP contribution < -0.4 is 0 Å². The zero-order valence-electron chi connectivity index (χ0n) is 32.8. The van der Waals surface area contributed by atoms with Gasteiger partial charge in [0, 0.05) is 37.7 Å². The van der Waals surface area contributed by atoms with Gasteiger partial charge in [-0.1, -0.05) is 152 Å². The highest BCUT2D eigenvalue weighted by atomic mass is 32.1. The summed E-state index contributed by atoms with van der Waals surface area (Å²) in [5.41, 5.74) is 12.2. The summed E-state index contributed by atoms with van der Waals surface area (Å²) in [6, 6.07) is 74.4. The molecule has 4 heterocycles. The van der Waals surface area contributed by atoms with Crippen LogP contribution in [0.4, 0.5) is 0 Å². The first-order chi connectivity index (χ1) is 30.2. The van der Waals surface area contributed by atoms with Gasteiger partial charge in [-0.3, -0.25) is 4.57 Å². The van der Waals surface area contributed by atoms with Crippen LogP contribution in [-0.2, 0) is 0 Å². The van der Waals surface area contributed by atoms with Crippen LogP contribution in [0.1, 0.15) is 0 Å². The average Bonchev–Trinajstić information content (AvgIpc) is 4.02. The lowest BCUT2D eigenvalue weighted by molar-refractivity contribution is 1.02. The van der Waals surface area contributed by atoms with E-state index in [9.17, 15) is 0 Å². The first-order valence-corrected chi connectivity index (χ1v) is 21.5. The first kappa shape index (κ1) is 34.0. The molecule has 5 heteroatoms. The van der Waals surface area contributed by atoms with E-state index in [1.165, 1.54) is 70.1 Å². The standard InChI is InChI=1S/C56H34N4S/c1-4-16-37(17-5-1)51-34-46-55(61-51)54(38-18-6-2-7-19-38)58-56(57-46)60-48-29-27-40(33-45(48)53-43-23-13-11-15-36(43)25-31-50(53)60)39-26-28-47-44(32-39)52-42-22-12-10-14-35(42)24-30-49(52)59(47)41-20-8-3-9-21-41/h1-34H. The van der Waals surface area contributed by atoms with Crippen LogP contribution in [0.25, 0.3) is 120 Å². The van der Waals surface area contributed by atoms with E-state index in [1.807, 2.05) is 0 Å². The molecule has 61 heavy (non-hydrogen) atoms. The molecule has 0 aliphatic carbocycles. The van der Waals surface area contributed by atoms with E-state index < -0.39 is 0 Å². The number of thiophene rings is 1. The fourth-order valence-electron chi connectivity index (χ4n) is 9.56. The zero-order valence-corrected chi connectivity index (χ0v) is 33.6. The van der Waals surface area contributed by atoms with Crippen molar-refractivity contribution in [2.75, 3.05) is 0 Å². The quantitative estimate of drug-likeness (QED) is 0.174. The second kappa shape index (κ2) is 13.3. The van der Waals surface area contributed by atoms with Gasteiger partial charge in [0.15, 0.2) is 0 Å². The van der Waals surface area contributed by atoms with Gasteiger partial charge in [-0.25, -0.2) is 9.97 Å². The molecular weight excluding hydrogens is 761 g/mol. The van der Waals surface area contributed by atoms with E-state index in [1.54, 1.807) is 11.3 Å². The maximum atomic E-state index is 5.46. The number of hydrogen-bond donors (Lipinski definition) is 0. The number of hydrogen-bond acceptors (Lipinski definition) is 3. The van der Waals surface area contributed by atoms with Crippen LogP contribution in [0, 0.1) is 0 Å². The van der Waals surface area contributed by atoms with Gasteiger partial charge < -0.3 is 4.57 Å². The Morgan fingerprint density at radius 2 is 0.869 bits per heavy atom. The lowest BCUT2D eigenvalue weighted by atomic mass is 9.98. The van der Waals surface area contributed by atoms with E-state index in [-0.39, 0.29) is 0 Å². The molecule has 0 radical (unpaired) electrons. The zero-order chi connectivity index (χ0) is 40.0. The summed E-state index contributed by atoms with van der Waals surface area (Å²) >= 11 is 1.75. The van der Waals surface area contributed by atoms with Crippen LogP contribution in [0.2, 0.25) is 0 Å². The van der Waals surface area contributed by atoms with Crippen LogP contribution in [0.5, 0.6) is 0 Å². The Labute approximate surface area is 354 Å². The fraction of sp³-hybridized carbons (Fsp3) is 0. The summed E-state index contributed by atoms with van der Waals surface area (Å²) in [4.78, 5) is 12.0. The van der Waals surface area contributed by atoms with Crippen LogP contribution in [0.15, 0.2) is 206 Å². The SMILES string of the molecule is c1ccc(-c2cc3nc(-n4c5ccc(-c6ccc7c(c6)c6c8ccccc8ccc6n7-c6ccccc6)cc5c5c6ccccc6ccc54)nc(-c4ccccc4)c3s2)cc1. The summed E-state index contributed by atoms with van der Waals surface area (Å²) in [6.07, 6.45) is 0. The van der Waals surface area contributed by atoms with Crippen LogP contribution in [-0.4, -0.2) is 19.1 Å². The number of benzene rings is 9. The van der Waals surface area contributed by atoms with Gasteiger partial charge >= 0.3 is 0 Å². The Hall–Kier alpha value is -7.86. The van der Waals surface area contributed by atoms with Gasteiger partial charge in [0.25, 0.3) is 0 Å². The maximum Gasteiger partial charge on any atom is 0.235 e. The summed E-state index contributed by atoms with van der Waals surface area (Å²) < 4.78 is 5.76. The molecule has 0 spiro atoms. The van der Waals surface area contributed by atoms with Crippen molar-refractivity contribution >= 4 is 86.7 Å². The molecular formula is C56H34N4S. The Morgan fingerprint density at radius 3 is 1.49 bits per heavy atom. The van der Waals surface area contributed by atoms with Crippen molar-refractivity contribution in [2.45, 2.75) is 0 Å². The van der Waals surface area contributed by atoms with Gasteiger partial charge in [-0.15, -0.1) is 11.3 Å². The molecule has 0 unspecified atom stereocenters. The summed E-state index contributed by atoms with van der Waals surface area (Å²) in [7, 11) is 0. The Kier molecular flexibility index (Phi) is 7.44. The molecule has 0 atom stereocenters. The number of aromatic nitrogens is 4. The molecule has 0 saturated heterocycles. The van der Waals surface area contributed by atoms with Crippen molar-refractivity contribution in [3.05, 3.63) is 206 Å². The summed E-state index contributed by atoms with van der Waals surface area (Å²) in [5.74, 6) is 0.661. The topological polar surface area (TPSA) is 35.6 Å². The van der Waals surface area contributed by atoms with Crippen molar-refractivity contribution in [2.24, 2.45) is 0 Å². The largest absolute Gasteiger partial charge is 0.309 e. The van der Waals surface area contributed by atoms with Crippen molar-refractivity contribution in [3.8, 4) is 44.5 Å². The van der Waals surface area contributed by atoms with Gasteiger partial charge in [0.05, 0.1) is 38.0 Å². The van der Waals surface area contributed by atoms with Gasteiger partial charge in [-0.05, 0) is 92.8 Å². The number of rotatable bonds is 5. The minimum atomic E-state index is 0.661. The highest BCUT2D eigenvalue weighted by Crippen LogP contribution is 2.43. The number of nitrogens with zero attached hydrogens (tertiary/aromatic N) is 4. The fourth-order valence-corrected chi connectivity index (χ4v) is 10.7. The van der Waals surface area contributed by atoms with Crippen LogP contribution >= 0.6 is 11.3 Å². The maximum absolute atomic E-state index is 5.46. The molecule has 0 aliphatic rings. The van der Waals surface area contributed by atoms with Crippen molar-refractivity contribution in [1.29, 1.82) is 0 Å². The third-order valence-corrected chi connectivity index (χ3v) is 13.5. The molecule has 9 aromatic carbocycles. The lowest BCUT2D eigenvalue weighted by Crippen LogP contribution is -2.02. The molecule has 13 rings (SSSR count). The molecule has 0 saturated carbocycles. The number of para-hydroxylation sites is 1. The molecule has 4 aromatic heterocycles. The monoisotopic (exact) mass is 794 g/mol. The van der Waals surface area contributed by atoms with Crippen LogP contribution in [0.3, 0.4) is 0 Å². The highest BCUT2D eigenvalue weighted by Gasteiger charge is 2.22. The van der Waals surface area contributed by atoms with E-state index in [4.69, 9.17) is 9.97 Å². The first-order valence-electron chi connectivity index (χ1n) is 20.7. The smallest absolute Gasteiger partial charge is 0.235 e. The molecule has 4 nitrogen and oxygen atoms in total. The summed E-state index contributed by atoms with van der Waals surface area (Å²) in [6.45, 7) is 0. The van der Waals surface area contributed by atoms with Crippen molar-refractivity contribution in [3.63, 3.8) is 0 Å². The molecule has 0 bridgehead atoms. The van der Waals surface area contributed by atoms with E-state index in [2.05, 4.69) is 215 Å². The second-order valence-electron chi connectivity index (χ2n) is 15.8. The molecule has 284 valence electrons. The Balaban J connectivity index is 1.07. The summed E-state index contributed by atoms with van der Waals surface area (Å²) in [5, 5.41) is 9.78. The average molecular weight is 795 g/mol. The third-order valence-electron chi connectivity index (χ3n) is 12.3. The van der Waals surface area contributed by atoms with Gasteiger partial charge in [-0.2, -0.15) is 0 Å². The Morgan fingerprint density at radius 1 is 0.361 bits per heavy atom. The van der Waals surface area contributed by atoms with Gasteiger partial charge in [0.1, 0.15) is 0 Å². The normalized spacial score (nSPS) is 11.9. The molecule has 0 amide bonds. The highest BCUT2D eigenvalue weighted by molar-refractivity contribution is 7.22. The van der Waals surface area contributed by atoms with Crippen molar-refractivity contribution < 1.29 is 0 Å². The molecule has 13 aromatic rings. The predicted molar refractivity (Wildman–Crippen MR) is 257 cm³/mol. The van der Waals surface area contributed by atoms with Gasteiger partial charge in [0.2, 0.25) is 5.95 Å². The molecule has 0 N–H and O–H groups in total. The van der Waals surface area contributed by atoms with E-state index in [0.29, 0.717) is 5.95 Å². The Bertz CT molecular complexity index is 3860. The number of fused-ring (bicyclic) bond motifs is 11. The van der Waals surface area contributed by atoms with E-state index >= 15 is 0 Å².